The normalized spacial score (nSPS) is 35.6. The van der Waals surface area contributed by atoms with Gasteiger partial charge in [-0.1, -0.05) is 0 Å². The van der Waals surface area contributed by atoms with Gasteiger partial charge in [0, 0.05) is 19.3 Å². The first-order valence-corrected chi connectivity index (χ1v) is 6.25. The average Bonchev–Trinajstić information content (AvgIpc) is 2.15. The molecule has 2 aliphatic rings. The molecule has 2 fully saturated rings. The molecule has 13 heavy (non-hydrogen) atoms. The molecule has 0 radical (unpaired) electrons. The van der Waals surface area contributed by atoms with E-state index in [1.807, 2.05) is 7.05 Å². The van der Waals surface area contributed by atoms with E-state index in [0.717, 1.165) is 0 Å². The fraction of sp³-hybridized carbons (Fsp3) is 1.00. The van der Waals surface area contributed by atoms with Crippen LogP contribution in [0.2, 0.25) is 0 Å². The summed E-state index contributed by atoms with van der Waals surface area (Å²) in [4.78, 5) is 0. The molecule has 0 aliphatic carbocycles. The van der Waals surface area contributed by atoms with Crippen molar-refractivity contribution in [2.24, 2.45) is 0 Å². The number of ether oxygens (including phenoxy) is 1. The fourth-order valence-corrected chi connectivity index (χ4v) is 4.76. The Morgan fingerprint density at radius 3 is 2.46 bits per heavy atom. The SMILES string of the molecule is CNC1CS(=O)(=O)C12CCOCC2. The van der Waals surface area contributed by atoms with E-state index in [0.29, 0.717) is 31.8 Å². The van der Waals surface area contributed by atoms with Gasteiger partial charge >= 0.3 is 0 Å². The van der Waals surface area contributed by atoms with Crippen LogP contribution in [0.1, 0.15) is 12.8 Å². The van der Waals surface area contributed by atoms with Gasteiger partial charge in [0.15, 0.2) is 9.84 Å². The van der Waals surface area contributed by atoms with Crippen LogP contribution in [0.5, 0.6) is 0 Å². The summed E-state index contributed by atoms with van der Waals surface area (Å²) in [5.41, 5.74) is 0. The van der Waals surface area contributed by atoms with Gasteiger partial charge in [0.25, 0.3) is 0 Å². The Labute approximate surface area is 78.6 Å². The van der Waals surface area contributed by atoms with E-state index >= 15 is 0 Å². The molecule has 1 spiro atoms. The second kappa shape index (κ2) is 2.93. The number of rotatable bonds is 1. The van der Waals surface area contributed by atoms with Crippen molar-refractivity contribution in [3.63, 3.8) is 0 Å². The van der Waals surface area contributed by atoms with Crippen molar-refractivity contribution >= 4 is 9.84 Å². The van der Waals surface area contributed by atoms with Crippen LogP contribution in [-0.4, -0.2) is 45.2 Å². The molecule has 1 unspecified atom stereocenters. The largest absolute Gasteiger partial charge is 0.381 e. The molecule has 0 aromatic heterocycles. The Balaban J connectivity index is 2.25. The van der Waals surface area contributed by atoms with Crippen LogP contribution in [0.4, 0.5) is 0 Å². The molecular formula is C8H15NO3S. The first-order chi connectivity index (χ1) is 6.12. The van der Waals surface area contributed by atoms with E-state index in [9.17, 15) is 8.42 Å². The van der Waals surface area contributed by atoms with Crippen molar-refractivity contribution in [1.29, 1.82) is 0 Å². The van der Waals surface area contributed by atoms with Gasteiger partial charge in [0.1, 0.15) is 0 Å². The summed E-state index contributed by atoms with van der Waals surface area (Å²) < 4.78 is 28.0. The topological polar surface area (TPSA) is 55.4 Å². The molecular weight excluding hydrogens is 190 g/mol. The summed E-state index contributed by atoms with van der Waals surface area (Å²) in [6, 6.07) is 0.140. The maximum atomic E-state index is 11.7. The summed E-state index contributed by atoms with van der Waals surface area (Å²) in [6.07, 6.45) is 1.31. The van der Waals surface area contributed by atoms with Crippen LogP contribution >= 0.6 is 0 Å². The third-order valence-electron chi connectivity index (χ3n) is 3.33. The van der Waals surface area contributed by atoms with Crippen LogP contribution in [0.3, 0.4) is 0 Å². The standard InChI is InChI=1S/C8H15NO3S/c1-9-7-6-13(10,11)8(7)2-4-12-5-3-8/h7,9H,2-6H2,1H3. The minimum absolute atomic E-state index is 0.140. The summed E-state index contributed by atoms with van der Waals surface area (Å²) in [5.74, 6) is 0.295. The zero-order valence-electron chi connectivity index (χ0n) is 7.75. The third-order valence-corrected chi connectivity index (χ3v) is 6.03. The fourth-order valence-electron chi connectivity index (χ4n) is 2.38. The average molecular weight is 205 g/mol. The van der Waals surface area contributed by atoms with Crippen molar-refractivity contribution in [1.82, 2.24) is 5.32 Å². The van der Waals surface area contributed by atoms with Gasteiger partial charge in [0.05, 0.1) is 10.5 Å². The monoisotopic (exact) mass is 205 g/mol. The first kappa shape index (κ1) is 9.43. The maximum absolute atomic E-state index is 11.7. The molecule has 2 rings (SSSR count). The number of sulfone groups is 1. The van der Waals surface area contributed by atoms with Crippen molar-refractivity contribution in [2.75, 3.05) is 26.0 Å². The van der Waals surface area contributed by atoms with Gasteiger partial charge in [-0.15, -0.1) is 0 Å². The van der Waals surface area contributed by atoms with Gasteiger partial charge in [-0.2, -0.15) is 0 Å². The summed E-state index contributed by atoms with van der Waals surface area (Å²) in [5, 5.41) is 3.08. The highest BCUT2D eigenvalue weighted by Crippen LogP contribution is 2.42. The third kappa shape index (κ3) is 1.14. The number of hydrogen-bond acceptors (Lipinski definition) is 4. The van der Waals surface area contributed by atoms with Gasteiger partial charge in [0.2, 0.25) is 0 Å². The smallest absolute Gasteiger partial charge is 0.159 e. The number of nitrogens with one attached hydrogen (secondary N) is 1. The molecule has 0 bridgehead atoms. The van der Waals surface area contributed by atoms with Crippen LogP contribution in [0.25, 0.3) is 0 Å². The molecule has 76 valence electrons. The first-order valence-electron chi connectivity index (χ1n) is 4.60. The highest BCUT2D eigenvalue weighted by Gasteiger charge is 2.59. The summed E-state index contributed by atoms with van der Waals surface area (Å²) in [6.45, 7) is 1.16. The van der Waals surface area contributed by atoms with Crippen molar-refractivity contribution in [3.05, 3.63) is 0 Å². The van der Waals surface area contributed by atoms with Crippen LogP contribution in [-0.2, 0) is 14.6 Å². The lowest BCUT2D eigenvalue weighted by molar-refractivity contribution is 0.0604. The van der Waals surface area contributed by atoms with E-state index in [4.69, 9.17) is 4.74 Å². The predicted octanol–water partition coefficient (Wildman–Crippen LogP) is -0.448. The van der Waals surface area contributed by atoms with Gasteiger partial charge in [-0.3, -0.25) is 0 Å². The second-order valence-electron chi connectivity index (χ2n) is 3.80. The second-order valence-corrected chi connectivity index (χ2v) is 6.18. The molecule has 2 heterocycles. The molecule has 5 heteroatoms. The Morgan fingerprint density at radius 2 is 2.00 bits per heavy atom. The van der Waals surface area contributed by atoms with Gasteiger partial charge in [-0.05, 0) is 19.9 Å². The molecule has 1 atom stereocenters. The lowest BCUT2D eigenvalue weighted by atomic mass is 9.90. The Kier molecular flexibility index (Phi) is 2.13. The van der Waals surface area contributed by atoms with Gasteiger partial charge in [-0.25, -0.2) is 8.42 Å². The Hall–Kier alpha value is -0.130. The quantitative estimate of drug-likeness (QED) is 0.630. The van der Waals surface area contributed by atoms with E-state index in [1.165, 1.54) is 0 Å². The zero-order valence-corrected chi connectivity index (χ0v) is 8.56. The van der Waals surface area contributed by atoms with Crippen LogP contribution < -0.4 is 5.32 Å². The molecule has 0 saturated carbocycles. The van der Waals surface area contributed by atoms with Crippen LogP contribution in [0, 0.1) is 0 Å². The molecule has 1 N–H and O–H groups in total. The Morgan fingerprint density at radius 1 is 1.38 bits per heavy atom. The molecule has 2 saturated heterocycles. The minimum atomic E-state index is -2.85. The van der Waals surface area contributed by atoms with E-state index in [2.05, 4.69) is 5.32 Å². The minimum Gasteiger partial charge on any atom is -0.381 e. The molecule has 4 nitrogen and oxygen atoms in total. The van der Waals surface area contributed by atoms with E-state index in [1.54, 1.807) is 0 Å². The van der Waals surface area contributed by atoms with Crippen molar-refractivity contribution < 1.29 is 13.2 Å². The zero-order chi connectivity index (χ0) is 9.53. The summed E-state index contributed by atoms with van der Waals surface area (Å²) >= 11 is 0. The van der Waals surface area contributed by atoms with Crippen molar-refractivity contribution in [3.8, 4) is 0 Å². The predicted molar refractivity (Wildman–Crippen MR) is 49.4 cm³/mol. The van der Waals surface area contributed by atoms with Crippen LogP contribution in [0.15, 0.2) is 0 Å². The summed E-state index contributed by atoms with van der Waals surface area (Å²) in [7, 11) is -1.02. The highest BCUT2D eigenvalue weighted by atomic mass is 32.2. The lowest BCUT2D eigenvalue weighted by Gasteiger charge is -2.50. The van der Waals surface area contributed by atoms with E-state index < -0.39 is 14.6 Å². The van der Waals surface area contributed by atoms with Gasteiger partial charge < -0.3 is 10.1 Å². The maximum Gasteiger partial charge on any atom is 0.159 e. The molecule has 0 aromatic rings. The molecule has 2 aliphatic heterocycles. The number of hydrogen-bond donors (Lipinski definition) is 1. The van der Waals surface area contributed by atoms with E-state index in [-0.39, 0.29) is 6.04 Å². The lowest BCUT2D eigenvalue weighted by Crippen LogP contribution is -2.70. The van der Waals surface area contributed by atoms with Crippen molar-refractivity contribution in [2.45, 2.75) is 23.6 Å². The highest BCUT2D eigenvalue weighted by molar-refractivity contribution is 7.94. The Bertz CT molecular complexity index is 293. The molecule has 0 aromatic carbocycles. The molecule has 0 amide bonds.